The lowest BCUT2D eigenvalue weighted by Gasteiger charge is -2.40. The lowest BCUT2D eigenvalue weighted by molar-refractivity contribution is -0.158. The molecule has 0 aromatic carbocycles. The molecule has 1 aliphatic carbocycles. The summed E-state index contributed by atoms with van der Waals surface area (Å²) in [6.45, 7) is 1.87. The third kappa shape index (κ3) is 1.14. The summed E-state index contributed by atoms with van der Waals surface area (Å²) in [6, 6.07) is 0. The first kappa shape index (κ1) is 7.54. The molecule has 0 spiro atoms. The maximum absolute atomic E-state index is 10.3. The predicted molar refractivity (Wildman–Crippen MR) is 35.6 cm³/mol. The summed E-state index contributed by atoms with van der Waals surface area (Å²) in [5.41, 5.74) is -0.664. The molecule has 0 radical (unpaired) electrons. The lowest BCUT2D eigenvalue weighted by atomic mass is 9.70. The van der Waals surface area contributed by atoms with Crippen molar-refractivity contribution in [3.05, 3.63) is 0 Å². The van der Waals surface area contributed by atoms with Gasteiger partial charge < -0.3 is 10.2 Å². The van der Waals surface area contributed by atoms with E-state index < -0.39 is 11.6 Å². The highest BCUT2D eigenvalue weighted by Gasteiger charge is 2.44. The summed E-state index contributed by atoms with van der Waals surface area (Å²) in [5.74, 6) is -1.08. The van der Waals surface area contributed by atoms with E-state index in [-0.39, 0.29) is 5.92 Å². The third-order valence-electron chi connectivity index (χ3n) is 2.26. The van der Waals surface area contributed by atoms with Crippen LogP contribution >= 0.6 is 0 Å². The van der Waals surface area contributed by atoms with Gasteiger partial charge in [0.2, 0.25) is 0 Å². The summed E-state index contributed by atoms with van der Waals surface area (Å²) < 4.78 is 0. The minimum absolute atomic E-state index is 0.301. The van der Waals surface area contributed by atoms with Gasteiger partial charge >= 0.3 is 5.97 Å². The number of rotatable bonds is 2. The van der Waals surface area contributed by atoms with Crippen LogP contribution in [0.1, 0.15) is 26.2 Å². The Morgan fingerprint density at radius 1 is 1.70 bits per heavy atom. The van der Waals surface area contributed by atoms with Gasteiger partial charge in [-0.3, -0.25) is 4.79 Å². The number of carbonyl (C=O) groups is 1. The highest BCUT2D eigenvalue weighted by molar-refractivity contribution is 5.71. The molecule has 1 rings (SSSR count). The number of carboxylic acids is 1. The Hall–Kier alpha value is -0.570. The van der Waals surface area contributed by atoms with Gasteiger partial charge in [0.1, 0.15) is 0 Å². The number of hydrogen-bond acceptors (Lipinski definition) is 2. The summed E-state index contributed by atoms with van der Waals surface area (Å²) >= 11 is 0. The summed E-state index contributed by atoms with van der Waals surface area (Å²) in [7, 11) is 0. The van der Waals surface area contributed by atoms with Gasteiger partial charge in [-0.2, -0.15) is 0 Å². The van der Waals surface area contributed by atoms with E-state index in [2.05, 4.69) is 0 Å². The molecule has 0 heterocycles. The molecule has 10 heavy (non-hydrogen) atoms. The molecule has 3 nitrogen and oxygen atoms in total. The Balaban J connectivity index is 2.36. The van der Waals surface area contributed by atoms with Crippen LogP contribution in [0, 0.1) is 5.92 Å². The van der Waals surface area contributed by atoms with Crippen molar-refractivity contribution in [2.24, 2.45) is 5.92 Å². The molecular weight excluding hydrogens is 132 g/mol. The van der Waals surface area contributed by atoms with Crippen LogP contribution in [-0.2, 0) is 4.79 Å². The molecular formula is C7H12O3. The number of aliphatic hydroxyl groups is 1. The number of hydrogen-bond donors (Lipinski definition) is 2. The van der Waals surface area contributed by atoms with E-state index in [0.717, 1.165) is 0 Å². The fourth-order valence-electron chi connectivity index (χ4n) is 1.32. The molecule has 0 amide bonds. The fourth-order valence-corrected chi connectivity index (χ4v) is 1.32. The van der Waals surface area contributed by atoms with E-state index in [1.165, 1.54) is 0 Å². The van der Waals surface area contributed by atoms with Crippen molar-refractivity contribution < 1.29 is 15.0 Å². The second-order valence-electron chi connectivity index (χ2n) is 3.02. The predicted octanol–water partition coefficient (Wildman–Crippen LogP) is 0.622. The molecule has 0 atom stereocenters. The van der Waals surface area contributed by atoms with Crippen LogP contribution < -0.4 is 0 Å². The second-order valence-corrected chi connectivity index (χ2v) is 3.02. The zero-order chi connectivity index (χ0) is 7.78. The minimum atomic E-state index is -0.780. The van der Waals surface area contributed by atoms with E-state index >= 15 is 0 Å². The molecule has 0 aromatic heterocycles. The van der Waals surface area contributed by atoms with Crippen molar-refractivity contribution in [3.8, 4) is 0 Å². The topological polar surface area (TPSA) is 57.5 Å². The number of carboxylic acid groups (broad SMARTS) is 1. The molecule has 58 valence electrons. The average molecular weight is 144 g/mol. The smallest absolute Gasteiger partial charge is 0.306 e. The van der Waals surface area contributed by atoms with Crippen LogP contribution in [0.3, 0.4) is 0 Å². The molecule has 1 fully saturated rings. The van der Waals surface area contributed by atoms with Crippen molar-refractivity contribution in [2.45, 2.75) is 31.8 Å². The Kier molecular flexibility index (Phi) is 1.68. The monoisotopic (exact) mass is 144 g/mol. The van der Waals surface area contributed by atoms with Crippen LogP contribution in [-0.4, -0.2) is 21.8 Å². The van der Waals surface area contributed by atoms with E-state index in [9.17, 15) is 9.90 Å². The normalized spacial score (nSPS) is 38.8. The van der Waals surface area contributed by atoms with Crippen LogP contribution in [0.15, 0.2) is 0 Å². The van der Waals surface area contributed by atoms with Crippen LogP contribution in [0.2, 0.25) is 0 Å². The van der Waals surface area contributed by atoms with Gasteiger partial charge in [-0.15, -0.1) is 0 Å². The summed E-state index contributed by atoms with van der Waals surface area (Å²) in [6.07, 6.45) is 1.52. The van der Waals surface area contributed by atoms with Gasteiger partial charge in [0, 0.05) is 0 Å². The van der Waals surface area contributed by atoms with Crippen LogP contribution in [0.25, 0.3) is 0 Å². The van der Waals surface area contributed by atoms with Gasteiger partial charge in [0.05, 0.1) is 11.5 Å². The van der Waals surface area contributed by atoms with Crippen molar-refractivity contribution >= 4 is 5.97 Å². The second kappa shape index (κ2) is 2.23. The van der Waals surface area contributed by atoms with Crippen molar-refractivity contribution in [1.82, 2.24) is 0 Å². The molecule has 0 saturated heterocycles. The van der Waals surface area contributed by atoms with E-state index in [0.29, 0.717) is 19.3 Å². The first-order chi connectivity index (χ1) is 4.57. The maximum Gasteiger partial charge on any atom is 0.306 e. The Bertz CT molecular complexity index is 147. The van der Waals surface area contributed by atoms with Gasteiger partial charge in [-0.25, -0.2) is 0 Å². The highest BCUT2D eigenvalue weighted by Crippen LogP contribution is 2.39. The lowest BCUT2D eigenvalue weighted by Crippen LogP contribution is -2.46. The molecule has 1 saturated carbocycles. The first-order valence-corrected chi connectivity index (χ1v) is 3.52. The molecule has 2 N–H and O–H groups in total. The average Bonchev–Trinajstić information content (AvgIpc) is 1.80. The summed E-state index contributed by atoms with van der Waals surface area (Å²) in [4.78, 5) is 10.3. The molecule has 0 bridgehead atoms. The first-order valence-electron chi connectivity index (χ1n) is 3.52. The maximum atomic E-state index is 10.3. The molecule has 0 aliphatic heterocycles. The molecule has 0 unspecified atom stereocenters. The van der Waals surface area contributed by atoms with E-state index in [4.69, 9.17) is 5.11 Å². The van der Waals surface area contributed by atoms with Gasteiger partial charge in [0.15, 0.2) is 0 Å². The zero-order valence-corrected chi connectivity index (χ0v) is 6.00. The van der Waals surface area contributed by atoms with Crippen molar-refractivity contribution in [1.29, 1.82) is 0 Å². The van der Waals surface area contributed by atoms with Crippen molar-refractivity contribution in [2.75, 3.05) is 0 Å². The largest absolute Gasteiger partial charge is 0.481 e. The zero-order valence-electron chi connectivity index (χ0n) is 6.00. The van der Waals surface area contributed by atoms with Crippen LogP contribution in [0.5, 0.6) is 0 Å². The third-order valence-corrected chi connectivity index (χ3v) is 2.26. The molecule has 3 heteroatoms. The van der Waals surface area contributed by atoms with Crippen LogP contribution in [0.4, 0.5) is 0 Å². The summed E-state index contributed by atoms with van der Waals surface area (Å²) in [5, 5.41) is 17.8. The SMILES string of the molecule is CCC1(O)CC(C(=O)O)C1. The fraction of sp³-hybridized carbons (Fsp3) is 0.857. The highest BCUT2D eigenvalue weighted by atomic mass is 16.4. The van der Waals surface area contributed by atoms with Crippen molar-refractivity contribution in [3.63, 3.8) is 0 Å². The van der Waals surface area contributed by atoms with E-state index in [1.807, 2.05) is 6.92 Å². The van der Waals surface area contributed by atoms with Gasteiger partial charge in [-0.05, 0) is 19.3 Å². The van der Waals surface area contributed by atoms with Gasteiger partial charge in [0.25, 0.3) is 0 Å². The Morgan fingerprint density at radius 3 is 2.50 bits per heavy atom. The minimum Gasteiger partial charge on any atom is -0.481 e. The van der Waals surface area contributed by atoms with Gasteiger partial charge in [-0.1, -0.05) is 6.92 Å². The molecule has 1 aliphatic rings. The standard InChI is InChI=1S/C7H12O3/c1-2-7(10)3-5(4-7)6(8)9/h5,10H,2-4H2,1H3,(H,8,9). The molecule has 0 aromatic rings. The van der Waals surface area contributed by atoms with E-state index in [1.54, 1.807) is 0 Å². The number of aliphatic carboxylic acids is 1. The quantitative estimate of drug-likeness (QED) is 0.597. The Morgan fingerprint density at radius 2 is 2.20 bits per heavy atom. The Labute approximate surface area is 59.7 Å².